The molecule has 0 radical (unpaired) electrons. The number of carbonyl (C=O) groups is 1. The normalized spacial score (nSPS) is 11.7. The third kappa shape index (κ3) is 2.68. The van der Waals surface area contributed by atoms with Gasteiger partial charge in [0.05, 0.1) is 11.3 Å². The van der Waals surface area contributed by atoms with Crippen molar-refractivity contribution >= 4 is 27.5 Å². The van der Waals surface area contributed by atoms with E-state index in [1.165, 1.54) is 23.8 Å². The Bertz CT molecular complexity index is 1140. The van der Waals surface area contributed by atoms with Crippen LogP contribution in [0.1, 0.15) is 27.2 Å². The Balaban J connectivity index is 2.20. The molecular weight excluding hydrogens is 358 g/mol. The lowest BCUT2D eigenvalue weighted by Crippen LogP contribution is -2.30. The average Bonchev–Trinajstić information content (AvgIpc) is 3.02. The van der Waals surface area contributed by atoms with E-state index in [1.807, 2.05) is 0 Å². The van der Waals surface area contributed by atoms with Crippen LogP contribution in [0.5, 0.6) is 0 Å². The predicted octanol–water partition coefficient (Wildman–Crippen LogP) is 1.57. The highest BCUT2D eigenvalue weighted by atomic mass is 32.2. The van der Waals surface area contributed by atoms with Gasteiger partial charge in [-0.2, -0.15) is 13.4 Å². The van der Waals surface area contributed by atoms with Gasteiger partial charge in [0.1, 0.15) is 0 Å². The van der Waals surface area contributed by atoms with E-state index in [9.17, 15) is 18.3 Å². The van der Waals surface area contributed by atoms with Crippen LogP contribution in [0, 0.1) is 20.8 Å². The zero-order valence-corrected chi connectivity index (χ0v) is 15.4. The van der Waals surface area contributed by atoms with Crippen molar-refractivity contribution in [1.82, 2.24) is 19.6 Å². The summed E-state index contributed by atoms with van der Waals surface area (Å²) in [5.41, 5.74) is 1.96. The smallest absolute Gasteiger partial charge is 0.337 e. The van der Waals surface area contributed by atoms with Crippen LogP contribution < -0.4 is 4.31 Å². The summed E-state index contributed by atoms with van der Waals surface area (Å²) in [5.74, 6) is -1.07. The van der Waals surface area contributed by atoms with Gasteiger partial charge in [-0.25, -0.2) is 14.3 Å². The van der Waals surface area contributed by atoms with Crippen molar-refractivity contribution in [2.45, 2.75) is 25.9 Å². The number of fused-ring (bicyclic) bond motifs is 1. The Labute approximate surface area is 150 Å². The van der Waals surface area contributed by atoms with Crippen LogP contribution in [0.3, 0.4) is 0 Å². The number of carboxylic acids is 1. The summed E-state index contributed by atoms with van der Waals surface area (Å²) in [6.07, 6.45) is 1.51. The summed E-state index contributed by atoms with van der Waals surface area (Å²) in [6.45, 7) is 5.20. The molecule has 0 unspecified atom stereocenters. The second-order valence-electron chi connectivity index (χ2n) is 5.87. The summed E-state index contributed by atoms with van der Waals surface area (Å²) in [5, 5.41) is 13.0. The number of hydrogen-bond acceptors (Lipinski definition) is 6. The number of benzene rings is 1. The van der Waals surface area contributed by atoms with E-state index in [1.54, 1.807) is 32.9 Å². The van der Waals surface area contributed by atoms with Crippen LogP contribution in [0.2, 0.25) is 0 Å². The van der Waals surface area contributed by atoms with Crippen molar-refractivity contribution < 1.29 is 18.3 Å². The predicted molar refractivity (Wildman–Crippen MR) is 94.0 cm³/mol. The monoisotopic (exact) mass is 375 g/mol. The number of aromatic nitrogens is 4. The molecule has 0 fully saturated rings. The zero-order chi connectivity index (χ0) is 19.2. The highest BCUT2D eigenvalue weighted by Crippen LogP contribution is 2.30. The van der Waals surface area contributed by atoms with Gasteiger partial charge in [-0.15, -0.1) is 5.10 Å². The molecule has 0 amide bonds. The van der Waals surface area contributed by atoms with Crippen LogP contribution >= 0.6 is 0 Å². The van der Waals surface area contributed by atoms with Crippen LogP contribution in [-0.2, 0) is 10.0 Å². The number of hydrogen-bond donors (Lipinski definition) is 1. The van der Waals surface area contributed by atoms with Gasteiger partial charge < -0.3 is 5.11 Å². The third-order valence-corrected chi connectivity index (χ3v) is 5.79. The molecule has 0 spiro atoms. The van der Waals surface area contributed by atoms with Crippen LogP contribution in [-0.4, -0.2) is 46.1 Å². The van der Waals surface area contributed by atoms with Crippen LogP contribution in [0.4, 0.5) is 5.69 Å². The molecule has 9 nitrogen and oxygen atoms in total. The van der Waals surface area contributed by atoms with Gasteiger partial charge in [-0.1, -0.05) is 6.07 Å². The number of rotatable bonds is 4. The van der Waals surface area contributed by atoms with Crippen molar-refractivity contribution in [1.29, 1.82) is 0 Å². The Kier molecular flexibility index (Phi) is 4.15. The molecule has 0 atom stereocenters. The molecule has 3 aromatic rings. The molecule has 0 bridgehead atoms. The summed E-state index contributed by atoms with van der Waals surface area (Å²) in [6, 6.07) is 4.70. The Hall–Kier alpha value is -3.01. The number of anilines is 1. The molecule has 0 aliphatic heterocycles. The quantitative estimate of drug-likeness (QED) is 0.735. The number of aromatic carboxylic acids is 1. The molecular formula is C16H17N5O4S. The summed E-state index contributed by atoms with van der Waals surface area (Å²) >= 11 is 0. The average molecular weight is 375 g/mol. The summed E-state index contributed by atoms with van der Waals surface area (Å²) < 4.78 is 28.3. The van der Waals surface area contributed by atoms with E-state index in [-0.39, 0.29) is 17.0 Å². The topological polar surface area (TPSA) is 118 Å². The maximum absolute atomic E-state index is 13.0. The second kappa shape index (κ2) is 6.06. The van der Waals surface area contributed by atoms with Crippen molar-refractivity contribution in [3.8, 4) is 0 Å². The van der Waals surface area contributed by atoms with E-state index in [2.05, 4.69) is 15.1 Å². The zero-order valence-electron chi connectivity index (χ0n) is 14.6. The Morgan fingerprint density at radius 3 is 2.50 bits per heavy atom. The first kappa shape index (κ1) is 17.8. The maximum Gasteiger partial charge on any atom is 0.337 e. The standard InChI is InChI=1S/C16H17N5O4S/c1-9-5-6-12(14(22)23)13(11(9)3)20(4)26(24,25)16-18-15-17-8-7-10(2)21(15)19-16/h5-8H,1-4H3,(H,22,23). The minimum Gasteiger partial charge on any atom is -0.478 e. The highest BCUT2D eigenvalue weighted by molar-refractivity contribution is 7.92. The lowest BCUT2D eigenvalue weighted by molar-refractivity contribution is 0.0697. The lowest BCUT2D eigenvalue weighted by Gasteiger charge is -2.22. The van der Waals surface area contributed by atoms with Gasteiger partial charge in [0, 0.05) is 18.9 Å². The van der Waals surface area contributed by atoms with E-state index in [0.29, 0.717) is 11.3 Å². The molecule has 2 heterocycles. The van der Waals surface area contributed by atoms with Crippen LogP contribution in [0.15, 0.2) is 29.6 Å². The fourth-order valence-corrected chi connectivity index (χ4v) is 3.72. The molecule has 26 heavy (non-hydrogen) atoms. The van der Waals surface area contributed by atoms with Gasteiger partial charge in [-0.05, 0) is 44.0 Å². The number of carboxylic acid groups (broad SMARTS) is 1. The summed E-state index contributed by atoms with van der Waals surface area (Å²) in [7, 11) is -2.89. The Morgan fingerprint density at radius 1 is 1.19 bits per heavy atom. The fraction of sp³-hybridized carbons (Fsp3) is 0.250. The van der Waals surface area contributed by atoms with Gasteiger partial charge >= 0.3 is 16.0 Å². The largest absolute Gasteiger partial charge is 0.478 e. The minimum absolute atomic E-state index is 0.0843. The molecule has 3 rings (SSSR count). The number of nitrogens with zero attached hydrogens (tertiary/aromatic N) is 5. The van der Waals surface area contributed by atoms with Gasteiger partial charge in [0.2, 0.25) is 0 Å². The fourth-order valence-electron chi connectivity index (χ4n) is 2.62. The third-order valence-electron chi connectivity index (χ3n) is 4.25. The molecule has 10 heteroatoms. The molecule has 1 aromatic carbocycles. The first-order chi connectivity index (χ1) is 12.1. The van der Waals surface area contributed by atoms with Crippen molar-refractivity contribution in [3.05, 3.63) is 46.8 Å². The molecule has 0 saturated heterocycles. The number of aryl methyl sites for hydroxylation is 2. The molecule has 0 aliphatic rings. The van der Waals surface area contributed by atoms with Crippen molar-refractivity contribution in [2.75, 3.05) is 11.4 Å². The Morgan fingerprint density at radius 2 is 1.88 bits per heavy atom. The molecule has 0 aliphatic carbocycles. The first-order valence-corrected chi connectivity index (χ1v) is 9.09. The van der Waals surface area contributed by atoms with Crippen molar-refractivity contribution in [3.63, 3.8) is 0 Å². The van der Waals surface area contributed by atoms with Crippen molar-refractivity contribution in [2.24, 2.45) is 0 Å². The highest BCUT2D eigenvalue weighted by Gasteiger charge is 2.31. The van der Waals surface area contributed by atoms with E-state index < -0.39 is 21.1 Å². The number of sulfonamides is 1. The van der Waals surface area contributed by atoms with E-state index >= 15 is 0 Å². The molecule has 1 N–H and O–H groups in total. The van der Waals surface area contributed by atoms with E-state index in [0.717, 1.165) is 9.87 Å². The van der Waals surface area contributed by atoms with Gasteiger partial charge in [-0.3, -0.25) is 4.31 Å². The van der Waals surface area contributed by atoms with E-state index in [4.69, 9.17) is 0 Å². The first-order valence-electron chi connectivity index (χ1n) is 7.65. The lowest BCUT2D eigenvalue weighted by atomic mass is 10.0. The van der Waals surface area contributed by atoms with Crippen LogP contribution in [0.25, 0.3) is 5.78 Å². The molecule has 2 aromatic heterocycles. The minimum atomic E-state index is -4.18. The maximum atomic E-state index is 13.0. The molecule has 0 saturated carbocycles. The second-order valence-corrected chi connectivity index (χ2v) is 7.74. The van der Waals surface area contributed by atoms with Gasteiger partial charge in [0.15, 0.2) is 0 Å². The summed E-state index contributed by atoms with van der Waals surface area (Å²) in [4.78, 5) is 19.6. The van der Waals surface area contributed by atoms with Gasteiger partial charge in [0.25, 0.3) is 10.9 Å². The molecule has 136 valence electrons. The SMILES string of the molecule is Cc1ccc(C(=O)O)c(N(C)S(=O)(=O)c2nc3nccc(C)n3n2)c1C.